The molecule has 1 heterocycles. The van der Waals surface area contributed by atoms with Crippen molar-refractivity contribution in [2.75, 3.05) is 0 Å². The molecule has 0 aliphatic carbocycles. The van der Waals surface area contributed by atoms with Gasteiger partial charge in [-0.05, 0) is 48.0 Å². The van der Waals surface area contributed by atoms with Gasteiger partial charge < -0.3 is 4.74 Å². The normalized spacial score (nSPS) is 11.0. The van der Waals surface area contributed by atoms with Crippen LogP contribution in [0.15, 0.2) is 71.2 Å². The van der Waals surface area contributed by atoms with Crippen LogP contribution in [0.25, 0.3) is 20.8 Å². The summed E-state index contributed by atoms with van der Waals surface area (Å²) in [6.07, 6.45) is 0. The average molecular weight is 414 g/mol. The Hall–Kier alpha value is -2.24. The molecular formula is C20H13BrFNOS. The van der Waals surface area contributed by atoms with Gasteiger partial charge in [-0.2, -0.15) is 0 Å². The van der Waals surface area contributed by atoms with Crippen LogP contribution in [0.4, 0.5) is 4.39 Å². The van der Waals surface area contributed by atoms with Crippen LogP contribution in [0.1, 0.15) is 5.56 Å². The number of para-hydroxylation sites is 1. The molecule has 25 heavy (non-hydrogen) atoms. The van der Waals surface area contributed by atoms with Gasteiger partial charge in [-0.1, -0.05) is 40.2 Å². The molecule has 2 nitrogen and oxygen atoms in total. The highest BCUT2D eigenvalue weighted by atomic mass is 79.9. The standard InChI is InChI=1S/C20H13BrFNOS/c21-14-7-10-18(24-12-13-5-8-15(22)9-6-13)16(11-14)20-23-17-3-1-2-4-19(17)25-20/h1-11H,12H2. The van der Waals surface area contributed by atoms with E-state index in [4.69, 9.17) is 9.72 Å². The molecule has 0 aliphatic rings. The molecule has 0 amide bonds. The van der Waals surface area contributed by atoms with Crippen LogP contribution in [0.2, 0.25) is 0 Å². The van der Waals surface area contributed by atoms with Crippen LogP contribution in [0, 0.1) is 5.82 Å². The fraction of sp³-hybridized carbons (Fsp3) is 0.0500. The number of hydrogen-bond acceptors (Lipinski definition) is 3. The summed E-state index contributed by atoms with van der Waals surface area (Å²) in [5.74, 6) is 0.508. The second-order valence-electron chi connectivity index (χ2n) is 5.54. The van der Waals surface area contributed by atoms with Crippen molar-refractivity contribution in [3.05, 3.63) is 82.6 Å². The number of benzene rings is 3. The zero-order chi connectivity index (χ0) is 17.2. The molecule has 0 fully saturated rings. The third-order valence-electron chi connectivity index (χ3n) is 3.77. The monoisotopic (exact) mass is 413 g/mol. The Kier molecular flexibility index (Phi) is 4.51. The Morgan fingerprint density at radius 3 is 2.60 bits per heavy atom. The number of ether oxygens (including phenoxy) is 1. The topological polar surface area (TPSA) is 22.1 Å². The highest BCUT2D eigenvalue weighted by Crippen LogP contribution is 2.37. The van der Waals surface area contributed by atoms with Gasteiger partial charge in [0.15, 0.2) is 0 Å². The summed E-state index contributed by atoms with van der Waals surface area (Å²) in [6, 6.07) is 20.3. The highest BCUT2D eigenvalue weighted by molar-refractivity contribution is 9.10. The molecule has 0 saturated carbocycles. The minimum Gasteiger partial charge on any atom is -0.488 e. The molecule has 0 atom stereocenters. The van der Waals surface area contributed by atoms with Crippen molar-refractivity contribution in [3.63, 3.8) is 0 Å². The Labute approximate surface area is 157 Å². The number of fused-ring (bicyclic) bond motifs is 1. The molecule has 0 bridgehead atoms. The zero-order valence-corrected chi connectivity index (χ0v) is 15.5. The number of halogens is 2. The van der Waals surface area contributed by atoms with E-state index in [2.05, 4.69) is 22.0 Å². The number of hydrogen-bond donors (Lipinski definition) is 0. The highest BCUT2D eigenvalue weighted by Gasteiger charge is 2.12. The Morgan fingerprint density at radius 2 is 1.80 bits per heavy atom. The van der Waals surface area contributed by atoms with Gasteiger partial charge >= 0.3 is 0 Å². The molecule has 124 valence electrons. The molecule has 5 heteroatoms. The maximum absolute atomic E-state index is 13.0. The molecule has 0 unspecified atom stereocenters. The summed E-state index contributed by atoms with van der Waals surface area (Å²) < 4.78 is 21.1. The van der Waals surface area contributed by atoms with Crippen molar-refractivity contribution >= 4 is 37.5 Å². The Balaban J connectivity index is 1.67. The number of aromatic nitrogens is 1. The van der Waals surface area contributed by atoms with Gasteiger partial charge in [0.25, 0.3) is 0 Å². The summed E-state index contributed by atoms with van der Waals surface area (Å²) in [6.45, 7) is 0.375. The van der Waals surface area contributed by atoms with E-state index in [1.165, 1.54) is 12.1 Å². The van der Waals surface area contributed by atoms with E-state index in [1.54, 1.807) is 23.5 Å². The molecule has 3 aromatic carbocycles. The van der Waals surface area contributed by atoms with Gasteiger partial charge in [0.1, 0.15) is 23.2 Å². The van der Waals surface area contributed by atoms with Crippen molar-refractivity contribution < 1.29 is 9.13 Å². The van der Waals surface area contributed by atoms with Gasteiger partial charge in [0, 0.05) is 4.47 Å². The molecule has 1 aromatic heterocycles. The van der Waals surface area contributed by atoms with E-state index in [0.29, 0.717) is 6.61 Å². The van der Waals surface area contributed by atoms with Crippen LogP contribution < -0.4 is 4.74 Å². The Bertz CT molecular complexity index is 996. The van der Waals surface area contributed by atoms with Gasteiger partial charge in [0.05, 0.1) is 15.8 Å². The quantitative estimate of drug-likeness (QED) is 0.383. The molecule has 0 saturated heterocycles. The zero-order valence-electron chi connectivity index (χ0n) is 13.1. The van der Waals surface area contributed by atoms with Gasteiger partial charge in [-0.3, -0.25) is 0 Å². The lowest BCUT2D eigenvalue weighted by Crippen LogP contribution is -1.97. The lowest BCUT2D eigenvalue weighted by molar-refractivity contribution is 0.307. The van der Waals surface area contributed by atoms with E-state index in [-0.39, 0.29) is 5.82 Å². The second-order valence-corrected chi connectivity index (χ2v) is 7.49. The first-order chi connectivity index (χ1) is 12.2. The lowest BCUT2D eigenvalue weighted by Gasteiger charge is -2.10. The fourth-order valence-corrected chi connectivity index (χ4v) is 3.87. The van der Waals surface area contributed by atoms with E-state index in [0.717, 1.165) is 36.6 Å². The van der Waals surface area contributed by atoms with Crippen LogP contribution in [0.3, 0.4) is 0 Å². The number of thiazole rings is 1. The van der Waals surface area contributed by atoms with E-state index in [9.17, 15) is 4.39 Å². The largest absolute Gasteiger partial charge is 0.488 e. The molecule has 0 N–H and O–H groups in total. The van der Waals surface area contributed by atoms with Crippen LogP contribution in [-0.2, 0) is 6.61 Å². The molecule has 0 spiro atoms. The summed E-state index contributed by atoms with van der Waals surface area (Å²) >= 11 is 5.16. The molecule has 4 aromatic rings. The van der Waals surface area contributed by atoms with Gasteiger partial charge in [0.2, 0.25) is 0 Å². The van der Waals surface area contributed by atoms with Crippen molar-refractivity contribution in [2.45, 2.75) is 6.61 Å². The van der Waals surface area contributed by atoms with Crippen LogP contribution in [-0.4, -0.2) is 4.98 Å². The van der Waals surface area contributed by atoms with Crippen molar-refractivity contribution in [1.82, 2.24) is 4.98 Å². The summed E-state index contributed by atoms with van der Waals surface area (Å²) in [5, 5.41) is 0.914. The van der Waals surface area contributed by atoms with E-state index in [1.807, 2.05) is 36.4 Å². The predicted molar refractivity (Wildman–Crippen MR) is 103 cm³/mol. The van der Waals surface area contributed by atoms with Crippen LogP contribution in [0.5, 0.6) is 5.75 Å². The maximum Gasteiger partial charge on any atom is 0.130 e. The fourth-order valence-electron chi connectivity index (χ4n) is 2.52. The number of rotatable bonds is 4. The predicted octanol–water partition coefficient (Wildman–Crippen LogP) is 6.44. The van der Waals surface area contributed by atoms with Crippen molar-refractivity contribution in [3.8, 4) is 16.3 Å². The lowest BCUT2D eigenvalue weighted by atomic mass is 10.2. The molecule has 4 rings (SSSR count). The summed E-state index contributed by atoms with van der Waals surface area (Å²) in [5.41, 5.74) is 2.84. The SMILES string of the molecule is Fc1ccc(COc2ccc(Br)cc2-c2nc3ccccc3s2)cc1. The summed E-state index contributed by atoms with van der Waals surface area (Å²) in [4.78, 5) is 4.72. The van der Waals surface area contributed by atoms with Gasteiger partial charge in [-0.15, -0.1) is 11.3 Å². The smallest absolute Gasteiger partial charge is 0.130 e. The van der Waals surface area contributed by atoms with E-state index < -0.39 is 0 Å². The maximum atomic E-state index is 13.0. The first kappa shape index (κ1) is 16.2. The van der Waals surface area contributed by atoms with Crippen molar-refractivity contribution in [1.29, 1.82) is 0 Å². The van der Waals surface area contributed by atoms with Crippen LogP contribution >= 0.6 is 27.3 Å². The van der Waals surface area contributed by atoms with E-state index >= 15 is 0 Å². The Morgan fingerprint density at radius 1 is 1.00 bits per heavy atom. The second kappa shape index (κ2) is 6.94. The first-order valence-electron chi connectivity index (χ1n) is 7.72. The summed E-state index contributed by atoms with van der Waals surface area (Å²) in [7, 11) is 0. The third kappa shape index (κ3) is 3.57. The third-order valence-corrected chi connectivity index (χ3v) is 5.34. The van der Waals surface area contributed by atoms with Gasteiger partial charge in [-0.25, -0.2) is 9.37 Å². The minimum atomic E-state index is -0.248. The first-order valence-corrected chi connectivity index (χ1v) is 9.33. The molecular weight excluding hydrogens is 401 g/mol. The minimum absolute atomic E-state index is 0.248. The molecule has 0 aliphatic heterocycles. The number of nitrogens with zero attached hydrogens (tertiary/aromatic N) is 1. The molecule has 0 radical (unpaired) electrons. The van der Waals surface area contributed by atoms with Crippen molar-refractivity contribution in [2.24, 2.45) is 0 Å². The average Bonchev–Trinajstić information content (AvgIpc) is 3.06.